The molecule has 1 fully saturated rings. The Morgan fingerprint density at radius 2 is 2.11 bits per heavy atom. The highest BCUT2D eigenvalue weighted by Crippen LogP contribution is 2.36. The maximum Gasteiger partial charge on any atom is 0.230 e. The summed E-state index contributed by atoms with van der Waals surface area (Å²) in [6.07, 6.45) is 6.25. The van der Waals surface area contributed by atoms with Crippen LogP contribution in [0.2, 0.25) is 0 Å². The van der Waals surface area contributed by atoms with Crippen molar-refractivity contribution in [3.05, 3.63) is 48.2 Å². The number of hydrogen-bond donors (Lipinski definition) is 2. The maximum absolute atomic E-state index is 5.58. The Labute approximate surface area is 155 Å². The van der Waals surface area contributed by atoms with Crippen molar-refractivity contribution in [1.82, 2.24) is 30.3 Å². The quantitative estimate of drug-likeness (QED) is 0.573. The number of nitrogens with one attached hydrogen (secondary N) is 2. The molecule has 0 radical (unpaired) electrons. The summed E-state index contributed by atoms with van der Waals surface area (Å²) in [5.74, 6) is 2.45. The van der Waals surface area contributed by atoms with Gasteiger partial charge in [-0.2, -0.15) is 10.1 Å². The first kappa shape index (κ1) is 15.9. The molecule has 1 saturated carbocycles. The lowest BCUT2D eigenvalue weighted by Crippen LogP contribution is -2.16. The fraction of sp³-hybridized carbons (Fsp3) is 0.316. The number of aromatic nitrogens is 6. The molecule has 0 spiro atoms. The highest BCUT2D eigenvalue weighted by atomic mass is 16.5. The molecular formula is C19H19N7O. The molecule has 8 heteroatoms. The van der Waals surface area contributed by atoms with Crippen LogP contribution >= 0.6 is 0 Å². The molecule has 1 aromatic carbocycles. The van der Waals surface area contributed by atoms with E-state index in [4.69, 9.17) is 4.52 Å². The van der Waals surface area contributed by atoms with Crippen LogP contribution in [0.4, 0.5) is 5.82 Å². The van der Waals surface area contributed by atoms with E-state index in [1.165, 1.54) is 0 Å². The van der Waals surface area contributed by atoms with E-state index in [9.17, 15) is 0 Å². The van der Waals surface area contributed by atoms with Crippen molar-refractivity contribution in [2.24, 2.45) is 0 Å². The Morgan fingerprint density at radius 3 is 3.04 bits per heavy atom. The van der Waals surface area contributed by atoms with E-state index in [-0.39, 0.29) is 5.92 Å². The molecule has 0 saturated heterocycles. The zero-order valence-electron chi connectivity index (χ0n) is 14.9. The second kappa shape index (κ2) is 6.46. The summed E-state index contributed by atoms with van der Waals surface area (Å²) >= 11 is 0. The van der Waals surface area contributed by atoms with Gasteiger partial charge in [0, 0.05) is 17.5 Å². The first-order chi connectivity index (χ1) is 13.3. The second-order valence-electron chi connectivity index (χ2n) is 6.98. The smallest absolute Gasteiger partial charge is 0.230 e. The zero-order valence-corrected chi connectivity index (χ0v) is 14.9. The molecule has 4 aromatic rings. The third-order valence-electron chi connectivity index (χ3n) is 5.20. The van der Waals surface area contributed by atoms with Crippen LogP contribution in [0.15, 0.2) is 41.3 Å². The van der Waals surface area contributed by atoms with E-state index < -0.39 is 0 Å². The van der Waals surface area contributed by atoms with Crippen LogP contribution in [0.5, 0.6) is 0 Å². The molecule has 0 aliphatic heterocycles. The van der Waals surface area contributed by atoms with Crippen molar-refractivity contribution in [3.8, 4) is 11.4 Å². The van der Waals surface area contributed by atoms with Gasteiger partial charge in [0.05, 0.1) is 11.6 Å². The molecule has 2 N–H and O–H groups in total. The van der Waals surface area contributed by atoms with Gasteiger partial charge in [0.15, 0.2) is 5.65 Å². The van der Waals surface area contributed by atoms with Gasteiger partial charge in [0.25, 0.3) is 0 Å². The van der Waals surface area contributed by atoms with Gasteiger partial charge in [0.1, 0.15) is 12.1 Å². The molecule has 0 bridgehead atoms. The van der Waals surface area contributed by atoms with Crippen LogP contribution in [0, 0.1) is 6.92 Å². The van der Waals surface area contributed by atoms with Gasteiger partial charge in [-0.25, -0.2) is 9.97 Å². The number of hydrogen-bond acceptors (Lipinski definition) is 7. The second-order valence-corrected chi connectivity index (χ2v) is 6.98. The van der Waals surface area contributed by atoms with Crippen LogP contribution in [0.25, 0.3) is 22.4 Å². The Balaban J connectivity index is 1.31. The van der Waals surface area contributed by atoms with Crippen LogP contribution in [-0.4, -0.2) is 36.3 Å². The van der Waals surface area contributed by atoms with E-state index in [1.54, 1.807) is 12.5 Å². The van der Waals surface area contributed by atoms with E-state index in [0.29, 0.717) is 17.8 Å². The summed E-state index contributed by atoms with van der Waals surface area (Å²) in [7, 11) is 0. The minimum Gasteiger partial charge on any atom is -0.367 e. The van der Waals surface area contributed by atoms with Crippen LogP contribution in [0.3, 0.4) is 0 Å². The van der Waals surface area contributed by atoms with Gasteiger partial charge >= 0.3 is 0 Å². The van der Waals surface area contributed by atoms with Gasteiger partial charge in [-0.3, -0.25) is 5.10 Å². The standard InChI is InChI=1S/C19H19N7O/c1-11-4-2-3-5-14(11)18-24-19(27-26-18)12-6-7-13(8-12)23-16-15-9-22-25-17(15)21-10-20-16/h2-5,9-10,12-13H,6-8H2,1H3,(H2,20,21,22,23,25)/t12-,13-/m0/s1. The third-order valence-corrected chi connectivity index (χ3v) is 5.20. The fourth-order valence-corrected chi connectivity index (χ4v) is 3.74. The Kier molecular flexibility index (Phi) is 3.81. The molecule has 2 atom stereocenters. The number of anilines is 1. The molecule has 1 aliphatic rings. The molecule has 0 unspecified atom stereocenters. The number of aryl methyl sites for hydroxylation is 1. The van der Waals surface area contributed by atoms with Crippen LogP contribution in [0.1, 0.15) is 36.6 Å². The van der Waals surface area contributed by atoms with Gasteiger partial charge in [-0.1, -0.05) is 29.4 Å². The van der Waals surface area contributed by atoms with Gasteiger partial charge in [-0.15, -0.1) is 0 Å². The summed E-state index contributed by atoms with van der Waals surface area (Å²) in [6, 6.07) is 8.38. The normalized spacial score (nSPS) is 19.6. The molecule has 3 aromatic heterocycles. The molecule has 1 aliphatic carbocycles. The predicted molar refractivity (Wildman–Crippen MR) is 100 cm³/mol. The van der Waals surface area contributed by atoms with Crippen molar-refractivity contribution in [2.75, 3.05) is 5.32 Å². The van der Waals surface area contributed by atoms with Crippen molar-refractivity contribution in [2.45, 2.75) is 38.1 Å². The number of nitrogens with zero attached hydrogens (tertiary/aromatic N) is 5. The summed E-state index contributed by atoms with van der Waals surface area (Å²) in [6.45, 7) is 2.05. The topological polar surface area (TPSA) is 105 Å². The molecule has 3 heterocycles. The van der Waals surface area contributed by atoms with Crippen LogP contribution in [-0.2, 0) is 0 Å². The van der Waals surface area contributed by atoms with E-state index in [1.807, 2.05) is 18.2 Å². The lowest BCUT2D eigenvalue weighted by molar-refractivity contribution is 0.354. The molecule has 27 heavy (non-hydrogen) atoms. The number of fused-ring (bicyclic) bond motifs is 1. The Morgan fingerprint density at radius 1 is 1.19 bits per heavy atom. The van der Waals surface area contributed by atoms with E-state index >= 15 is 0 Å². The lowest BCUT2D eigenvalue weighted by atomic mass is 10.1. The zero-order chi connectivity index (χ0) is 18.2. The Hall–Kier alpha value is -3.29. The highest BCUT2D eigenvalue weighted by Gasteiger charge is 2.30. The average molecular weight is 361 g/mol. The first-order valence-corrected chi connectivity index (χ1v) is 9.08. The van der Waals surface area contributed by atoms with Crippen molar-refractivity contribution >= 4 is 16.9 Å². The molecule has 0 amide bonds. The van der Waals surface area contributed by atoms with Gasteiger partial charge in [-0.05, 0) is 31.7 Å². The maximum atomic E-state index is 5.58. The first-order valence-electron chi connectivity index (χ1n) is 9.08. The monoisotopic (exact) mass is 361 g/mol. The molecule has 8 nitrogen and oxygen atoms in total. The van der Waals surface area contributed by atoms with E-state index in [2.05, 4.69) is 48.6 Å². The van der Waals surface area contributed by atoms with Crippen LogP contribution < -0.4 is 5.32 Å². The largest absolute Gasteiger partial charge is 0.367 e. The van der Waals surface area contributed by atoms with Gasteiger partial charge < -0.3 is 9.84 Å². The Bertz CT molecular complexity index is 1090. The number of benzene rings is 1. The molecular weight excluding hydrogens is 342 g/mol. The highest BCUT2D eigenvalue weighted by molar-refractivity contribution is 5.85. The summed E-state index contributed by atoms with van der Waals surface area (Å²) < 4.78 is 5.58. The average Bonchev–Trinajstić information content (AvgIpc) is 3.42. The number of H-pyrrole nitrogens is 1. The number of aromatic amines is 1. The van der Waals surface area contributed by atoms with E-state index in [0.717, 1.165) is 47.2 Å². The SMILES string of the molecule is Cc1ccccc1-c1noc([C@H]2CC[C@H](Nc3ncnc4[nH]ncc34)C2)n1. The minimum atomic E-state index is 0.259. The minimum absolute atomic E-state index is 0.259. The van der Waals surface area contributed by atoms with Crippen molar-refractivity contribution < 1.29 is 4.52 Å². The van der Waals surface area contributed by atoms with Crippen molar-refractivity contribution in [3.63, 3.8) is 0 Å². The lowest BCUT2D eigenvalue weighted by Gasteiger charge is -2.13. The van der Waals surface area contributed by atoms with Gasteiger partial charge in [0.2, 0.25) is 11.7 Å². The number of rotatable bonds is 4. The summed E-state index contributed by atoms with van der Waals surface area (Å²) in [4.78, 5) is 13.2. The van der Waals surface area contributed by atoms with Crippen molar-refractivity contribution in [1.29, 1.82) is 0 Å². The third kappa shape index (κ3) is 2.92. The molecule has 5 rings (SSSR count). The molecule has 136 valence electrons. The fourth-order valence-electron chi connectivity index (χ4n) is 3.74. The summed E-state index contributed by atoms with van der Waals surface area (Å²) in [5.41, 5.74) is 2.90. The predicted octanol–water partition coefficient (Wildman–Crippen LogP) is 3.46. The summed E-state index contributed by atoms with van der Waals surface area (Å²) in [5, 5.41) is 15.5.